The van der Waals surface area contributed by atoms with Gasteiger partial charge >= 0.3 is 6.03 Å². The topological polar surface area (TPSA) is 76.0 Å². The van der Waals surface area contributed by atoms with Crippen LogP contribution in [-0.2, 0) is 0 Å². The number of aliphatic hydroxyl groups excluding tert-OH is 2. The maximum Gasteiger partial charge on any atom is 0.317 e. The van der Waals surface area contributed by atoms with Crippen LogP contribution >= 0.6 is 0 Å². The number of hydrogen-bond acceptors (Lipinski definition) is 4. The van der Waals surface area contributed by atoms with Crippen molar-refractivity contribution in [1.29, 1.82) is 0 Å². The molecular formula is C22H43N3O3. The van der Waals surface area contributed by atoms with Gasteiger partial charge in [0.1, 0.15) is 0 Å². The summed E-state index contributed by atoms with van der Waals surface area (Å²) in [5.74, 6) is 0. The number of piperidine rings is 1. The van der Waals surface area contributed by atoms with Gasteiger partial charge in [-0.1, -0.05) is 39.0 Å². The highest BCUT2D eigenvalue weighted by molar-refractivity contribution is 5.74. The molecule has 2 atom stereocenters. The molecular weight excluding hydrogens is 354 g/mol. The van der Waals surface area contributed by atoms with Crippen molar-refractivity contribution in [3.05, 3.63) is 0 Å². The molecule has 1 saturated carbocycles. The van der Waals surface area contributed by atoms with Crippen molar-refractivity contribution in [2.75, 3.05) is 32.8 Å². The quantitative estimate of drug-likeness (QED) is 0.468. The van der Waals surface area contributed by atoms with Gasteiger partial charge in [0, 0.05) is 31.7 Å². The Labute approximate surface area is 171 Å². The maximum absolute atomic E-state index is 12.6. The molecule has 1 saturated heterocycles. The summed E-state index contributed by atoms with van der Waals surface area (Å²) in [4.78, 5) is 17.0. The molecule has 164 valence electrons. The molecule has 0 aromatic carbocycles. The Morgan fingerprint density at radius 3 is 2.57 bits per heavy atom. The largest absolute Gasteiger partial charge is 0.395 e. The highest BCUT2D eigenvalue weighted by Gasteiger charge is 2.26. The second kappa shape index (κ2) is 13.4. The molecule has 2 rings (SSSR count). The predicted octanol–water partition coefficient (Wildman–Crippen LogP) is 3.12. The van der Waals surface area contributed by atoms with Crippen molar-refractivity contribution >= 4 is 6.03 Å². The summed E-state index contributed by atoms with van der Waals surface area (Å²) >= 11 is 0. The highest BCUT2D eigenvalue weighted by Crippen LogP contribution is 2.23. The number of likely N-dealkylation sites (tertiary alicyclic amines) is 1. The minimum atomic E-state index is -0.252. The minimum absolute atomic E-state index is 0.118. The fourth-order valence-electron chi connectivity index (χ4n) is 4.69. The first-order valence-corrected chi connectivity index (χ1v) is 11.7. The lowest BCUT2D eigenvalue weighted by atomic mass is 9.94. The molecule has 0 bridgehead atoms. The van der Waals surface area contributed by atoms with Gasteiger partial charge in [-0.25, -0.2) is 4.79 Å². The third kappa shape index (κ3) is 7.88. The van der Waals surface area contributed by atoms with Gasteiger partial charge in [0.05, 0.1) is 12.7 Å². The molecule has 2 aliphatic rings. The Kier molecular flexibility index (Phi) is 11.2. The number of unbranched alkanes of at least 4 members (excludes halogenated alkanes) is 3. The van der Waals surface area contributed by atoms with E-state index < -0.39 is 0 Å². The van der Waals surface area contributed by atoms with Crippen LogP contribution in [0.1, 0.15) is 84.0 Å². The zero-order valence-corrected chi connectivity index (χ0v) is 17.9. The van der Waals surface area contributed by atoms with Crippen LogP contribution in [0.3, 0.4) is 0 Å². The van der Waals surface area contributed by atoms with Gasteiger partial charge in [0.25, 0.3) is 0 Å². The van der Waals surface area contributed by atoms with E-state index in [-0.39, 0.29) is 24.8 Å². The van der Waals surface area contributed by atoms with Crippen LogP contribution < -0.4 is 5.32 Å². The van der Waals surface area contributed by atoms with Crippen molar-refractivity contribution in [2.45, 2.75) is 102 Å². The zero-order valence-electron chi connectivity index (χ0n) is 17.9. The maximum atomic E-state index is 12.6. The molecule has 2 unspecified atom stereocenters. The summed E-state index contributed by atoms with van der Waals surface area (Å²) < 4.78 is 0. The molecule has 6 heteroatoms. The molecule has 1 aliphatic carbocycles. The number of rotatable bonds is 11. The first-order valence-electron chi connectivity index (χ1n) is 11.7. The number of urea groups is 1. The van der Waals surface area contributed by atoms with Crippen molar-refractivity contribution < 1.29 is 15.0 Å². The number of nitrogens with one attached hydrogen (secondary N) is 1. The fourth-order valence-corrected chi connectivity index (χ4v) is 4.69. The number of amides is 2. The molecule has 0 radical (unpaired) electrons. The van der Waals surface area contributed by atoms with Crippen LogP contribution in [-0.4, -0.2) is 77.0 Å². The Morgan fingerprint density at radius 2 is 1.86 bits per heavy atom. The van der Waals surface area contributed by atoms with Crippen LogP contribution in [0.25, 0.3) is 0 Å². The summed E-state index contributed by atoms with van der Waals surface area (Å²) in [5.41, 5.74) is 0. The average molecular weight is 398 g/mol. The zero-order chi connectivity index (χ0) is 20.2. The number of carbonyl (C=O) groups excluding carboxylic acids is 1. The van der Waals surface area contributed by atoms with Crippen molar-refractivity contribution in [3.63, 3.8) is 0 Å². The minimum Gasteiger partial charge on any atom is -0.395 e. The molecule has 28 heavy (non-hydrogen) atoms. The molecule has 3 N–H and O–H groups in total. The van der Waals surface area contributed by atoms with E-state index in [1.807, 2.05) is 0 Å². The van der Waals surface area contributed by atoms with Gasteiger partial charge in [-0.05, 0) is 51.5 Å². The third-order valence-corrected chi connectivity index (χ3v) is 6.42. The SMILES string of the molecule is CCCNC(=O)N(CCCCCCN1CCC(O)CC1CO)C1CCCCC1. The lowest BCUT2D eigenvalue weighted by Gasteiger charge is -2.37. The van der Waals surface area contributed by atoms with Gasteiger partial charge in [-0.15, -0.1) is 0 Å². The molecule has 0 aromatic heterocycles. The van der Waals surface area contributed by atoms with Crippen molar-refractivity contribution in [1.82, 2.24) is 15.1 Å². The number of hydrogen-bond donors (Lipinski definition) is 3. The van der Waals surface area contributed by atoms with Gasteiger partial charge in [0.15, 0.2) is 0 Å². The summed E-state index contributed by atoms with van der Waals surface area (Å²) in [5, 5.41) is 22.4. The first kappa shape index (κ1) is 23.4. The lowest BCUT2D eigenvalue weighted by molar-refractivity contribution is 0.0163. The number of aliphatic hydroxyl groups is 2. The number of nitrogens with zero attached hydrogens (tertiary/aromatic N) is 2. The van der Waals surface area contributed by atoms with E-state index in [0.717, 1.165) is 77.5 Å². The fraction of sp³-hybridized carbons (Fsp3) is 0.955. The second-order valence-corrected chi connectivity index (χ2v) is 8.68. The van der Waals surface area contributed by atoms with E-state index in [1.54, 1.807) is 0 Å². The first-order chi connectivity index (χ1) is 13.7. The predicted molar refractivity (Wildman–Crippen MR) is 113 cm³/mol. The Bertz CT molecular complexity index is 429. The smallest absolute Gasteiger partial charge is 0.317 e. The van der Waals surface area contributed by atoms with Crippen LogP contribution in [0, 0.1) is 0 Å². The van der Waals surface area contributed by atoms with Gasteiger partial charge in [0.2, 0.25) is 0 Å². The summed E-state index contributed by atoms with van der Waals surface area (Å²) in [6.45, 7) is 5.75. The molecule has 0 spiro atoms. The average Bonchev–Trinajstić information content (AvgIpc) is 2.72. The van der Waals surface area contributed by atoms with E-state index in [0.29, 0.717) is 12.5 Å². The summed E-state index contributed by atoms with van der Waals surface area (Å²) in [6.07, 6.45) is 12.9. The van der Waals surface area contributed by atoms with E-state index in [9.17, 15) is 15.0 Å². The summed E-state index contributed by atoms with van der Waals surface area (Å²) in [6, 6.07) is 0.676. The highest BCUT2D eigenvalue weighted by atomic mass is 16.3. The van der Waals surface area contributed by atoms with Gasteiger partial charge in [-0.3, -0.25) is 4.90 Å². The molecule has 6 nitrogen and oxygen atoms in total. The third-order valence-electron chi connectivity index (χ3n) is 6.42. The molecule has 2 fully saturated rings. The lowest BCUT2D eigenvalue weighted by Crippen LogP contribution is -2.47. The Hall–Kier alpha value is -0.850. The van der Waals surface area contributed by atoms with Gasteiger partial charge < -0.3 is 20.4 Å². The van der Waals surface area contributed by atoms with E-state index >= 15 is 0 Å². The molecule has 0 aromatic rings. The van der Waals surface area contributed by atoms with Gasteiger partial charge in [-0.2, -0.15) is 0 Å². The van der Waals surface area contributed by atoms with E-state index in [2.05, 4.69) is 22.0 Å². The van der Waals surface area contributed by atoms with Crippen LogP contribution in [0.5, 0.6) is 0 Å². The summed E-state index contributed by atoms with van der Waals surface area (Å²) in [7, 11) is 0. The Balaban J connectivity index is 1.66. The van der Waals surface area contributed by atoms with E-state index in [1.165, 1.54) is 19.3 Å². The van der Waals surface area contributed by atoms with E-state index in [4.69, 9.17) is 0 Å². The molecule has 2 amide bonds. The second-order valence-electron chi connectivity index (χ2n) is 8.68. The Morgan fingerprint density at radius 1 is 1.11 bits per heavy atom. The van der Waals surface area contributed by atoms with Crippen molar-refractivity contribution in [3.8, 4) is 0 Å². The standard InChI is InChI=1S/C22H43N3O3/c1-2-13-23-22(28)25(19-10-6-5-7-11-19)15-9-4-3-8-14-24-16-12-21(27)17-20(24)18-26/h19-21,26-27H,2-18H2,1H3,(H,23,28). The van der Waals surface area contributed by atoms with Crippen LogP contribution in [0.2, 0.25) is 0 Å². The molecule has 1 heterocycles. The normalized spacial score (nSPS) is 24.2. The number of carbonyl (C=O) groups is 1. The van der Waals surface area contributed by atoms with Crippen LogP contribution in [0.15, 0.2) is 0 Å². The molecule has 1 aliphatic heterocycles. The monoisotopic (exact) mass is 397 g/mol. The van der Waals surface area contributed by atoms with Crippen molar-refractivity contribution in [2.24, 2.45) is 0 Å². The van der Waals surface area contributed by atoms with Crippen LogP contribution in [0.4, 0.5) is 4.79 Å².